The van der Waals surface area contributed by atoms with Crippen molar-refractivity contribution in [3.8, 4) is 0 Å². The van der Waals surface area contributed by atoms with E-state index in [9.17, 15) is 0 Å². The van der Waals surface area contributed by atoms with Crippen molar-refractivity contribution in [1.82, 2.24) is 0 Å². The third-order valence-corrected chi connectivity index (χ3v) is 8.95. The van der Waals surface area contributed by atoms with Crippen molar-refractivity contribution in [3.05, 3.63) is 36.4 Å². The van der Waals surface area contributed by atoms with E-state index in [4.69, 9.17) is 8.85 Å². The Balaban J connectivity index is 3.20. The molecule has 0 bridgehead atoms. The highest BCUT2D eigenvalue weighted by molar-refractivity contribution is 6.81. The largest absolute Gasteiger partial charge is 0.391 e. The molecule has 0 amide bonds. The van der Waals surface area contributed by atoms with Crippen molar-refractivity contribution in [2.75, 3.05) is 13.2 Å². The lowest BCUT2D eigenvalue weighted by atomic mass is 10.2. The van der Waals surface area contributed by atoms with Crippen LogP contribution in [0, 0.1) is 0 Å². The van der Waals surface area contributed by atoms with Crippen LogP contribution in [0.25, 0.3) is 5.20 Å². The van der Waals surface area contributed by atoms with Crippen molar-refractivity contribution in [3.63, 3.8) is 0 Å². The van der Waals surface area contributed by atoms with Gasteiger partial charge in [-0.05, 0) is 30.6 Å². The first-order chi connectivity index (χ1) is 9.50. The quantitative estimate of drug-likeness (QED) is 0.685. The van der Waals surface area contributed by atoms with E-state index in [2.05, 4.69) is 50.9 Å². The molecule has 0 atom stereocenters. The number of benzene rings is 1. The molecule has 0 unspecified atom stereocenters. The van der Waals surface area contributed by atoms with Gasteiger partial charge in [-0.15, -0.1) is 0 Å². The SMILES string of the molecule is C=C(c1cccc([Si](CC)(OCC)OCC)c1)[SiH](C)C. The van der Waals surface area contributed by atoms with Crippen LogP contribution in [-0.4, -0.2) is 30.6 Å². The molecular formula is C16H28O2Si2. The molecule has 0 heterocycles. The lowest BCUT2D eigenvalue weighted by Crippen LogP contribution is -2.53. The summed E-state index contributed by atoms with van der Waals surface area (Å²) < 4.78 is 12.2. The summed E-state index contributed by atoms with van der Waals surface area (Å²) >= 11 is 0. The summed E-state index contributed by atoms with van der Waals surface area (Å²) in [5, 5.41) is 2.54. The summed E-state index contributed by atoms with van der Waals surface area (Å²) in [6, 6.07) is 9.60. The van der Waals surface area contributed by atoms with Gasteiger partial charge in [-0.25, -0.2) is 0 Å². The van der Waals surface area contributed by atoms with Crippen LogP contribution in [-0.2, 0) is 8.85 Å². The molecule has 0 aliphatic heterocycles. The fourth-order valence-electron chi connectivity index (χ4n) is 2.37. The first-order valence-corrected chi connectivity index (χ1v) is 12.5. The average molecular weight is 309 g/mol. The highest BCUT2D eigenvalue weighted by Crippen LogP contribution is 2.19. The van der Waals surface area contributed by atoms with Crippen molar-refractivity contribution in [2.45, 2.75) is 39.9 Å². The van der Waals surface area contributed by atoms with Crippen molar-refractivity contribution in [1.29, 1.82) is 0 Å². The Hall–Kier alpha value is -0.686. The standard InChI is InChI=1S/C16H28O2Si2/c1-7-17-20(9-3,18-8-2)16-12-10-11-15(13-16)14(4)19(5)6/h10-13,19H,4,7-9H2,1-3,5-6H3. The highest BCUT2D eigenvalue weighted by atomic mass is 28.4. The molecule has 0 spiro atoms. The van der Waals surface area contributed by atoms with Gasteiger partial charge < -0.3 is 8.85 Å². The van der Waals surface area contributed by atoms with Crippen molar-refractivity contribution in [2.24, 2.45) is 0 Å². The van der Waals surface area contributed by atoms with Gasteiger partial charge in [0.1, 0.15) is 0 Å². The van der Waals surface area contributed by atoms with E-state index in [0.29, 0.717) is 13.2 Å². The zero-order valence-corrected chi connectivity index (χ0v) is 15.7. The minimum Gasteiger partial charge on any atom is -0.391 e. The van der Waals surface area contributed by atoms with Gasteiger partial charge in [-0.1, -0.05) is 56.1 Å². The zero-order chi connectivity index (χ0) is 15.2. The van der Waals surface area contributed by atoms with Crippen LogP contribution in [0.4, 0.5) is 0 Å². The summed E-state index contributed by atoms with van der Waals surface area (Å²) in [4.78, 5) is 0. The van der Waals surface area contributed by atoms with E-state index in [1.54, 1.807) is 0 Å². The Morgan fingerprint density at radius 2 is 1.75 bits per heavy atom. The Labute approximate surface area is 126 Å². The van der Waals surface area contributed by atoms with Crippen LogP contribution < -0.4 is 5.19 Å². The van der Waals surface area contributed by atoms with Crippen molar-refractivity contribution >= 4 is 27.7 Å². The minimum absolute atomic E-state index is 0.699. The van der Waals surface area contributed by atoms with E-state index in [-0.39, 0.29) is 0 Å². The summed E-state index contributed by atoms with van der Waals surface area (Å²) in [6.07, 6.45) is 0. The second-order valence-corrected chi connectivity index (χ2v) is 11.6. The molecule has 0 N–H and O–H groups in total. The van der Waals surface area contributed by atoms with Gasteiger partial charge in [0.05, 0.1) is 8.80 Å². The molecule has 0 saturated heterocycles. The minimum atomic E-state index is -2.28. The fourth-order valence-corrected chi connectivity index (χ4v) is 6.11. The average Bonchev–Trinajstić information content (AvgIpc) is 2.46. The van der Waals surface area contributed by atoms with Gasteiger partial charge in [0, 0.05) is 13.2 Å². The van der Waals surface area contributed by atoms with Gasteiger partial charge in [0.25, 0.3) is 0 Å². The van der Waals surface area contributed by atoms with E-state index >= 15 is 0 Å². The third kappa shape index (κ3) is 3.91. The van der Waals surface area contributed by atoms with Crippen LogP contribution in [0.15, 0.2) is 30.8 Å². The van der Waals surface area contributed by atoms with Gasteiger partial charge in [0.15, 0.2) is 0 Å². The predicted molar refractivity (Wildman–Crippen MR) is 93.5 cm³/mol. The smallest absolute Gasteiger partial charge is 0.372 e. The molecule has 0 saturated carbocycles. The van der Waals surface area contributed by atoms with Crippen LogP contribution in [0.5, 0.6) is 0 Å². The maximum atomic E-state index is 6.10. The molecular weight excluding hydrogens is 280 g/mol. The predicted octanol–water partition coefficient (Wildman–Crippen LogP) is 3.47. The maximum absolute atomic E-state index is 6.10. The topological polar surface area (TPSA) is 18.5 Å². The molecule has 0 fully saturated rings. The Morgan fingerprint density at radius 3 is 2.20 bits per heavy atom. The maximum Gasteiger partial charge on any atom is 0.372 e. The molecule has 0 aliphatic carbocycles. The normalized spacial score (nSPS) is 11.9. The van der Waals surface area contributed by atoms with E-state index in [1.165, 1.54) is 15.9 Å². The molecule has 1 aromatic carbocycles. The molecule has 1 rings (SSSR count). The molecule has 1 aromatic rings. The third-order valence-electron chi connectivity index (χ3n) is 3.59. The summed E-state index contributed by atoms with van der Waals surface area (Å²) in [5.41, 5.74) is 1.26. The molecule has 20 heavy (non-hydrogen) atoms. The number of hydrogen-bond donors (Lipinski definition) is 0. The molecule has 0 radical (unpaired) electrons. The monoisotopic (exact) mass is 308 g/mol. The second kappa shape index (κ2) is 7.93. The summed E-state index contributed by atoms with van der Waals surface area (Å²) in [7, 11) is -3.15. The number of rotatable bonds is 8. The Bertz CT molecular complexity index is 438. The molecule has 4 heteroatoms. The zero-order valence-electron chi connectivity index (χ0n) is 13.5. The van der Waals surface area contributed by atoms with Gasteiger partial charge >= 0.3 is 8.56 Å². The summed E-state index contributed by atoms with van der Waals surface area (Å²) in [6.45, 7) is 16.5. The second-order valence-electron chi connectivity index (χ2n) is 5.23. The summed E-state index contributed by atoms with van der Waals surface area (Å²) in [5.74, 6) is 0. The van der Waals surface area contributed by atoms with E-state index in [0.717, 1.165) is 6.04 Å². The fraction of sp³-hybridized carbons (Fsp3) is 0.500. The first-order valence-electron chi connectivity index (χ1n) is 7.58. The highest BCUT2D eigenvalue weighted by Gasteiger charge is 2.37. The van der Waals surface area contributed by atoms with Crippen molar-refractivity contribution < 1.29 is 8.85 Å². The Kier molecular flexibility index (Phi) is 6.88. The molecule has 112 valence electrons. The van der Waals surface area contributed by atoms with E-state index in [1.807, 2.05) is 13.8 Å². The lowest BCUT2D eigenvalue weighted by Gasteiger charge is -2.29. The van der Waals surface area contributed by atoms with Crippen LogP contribution in [0.2, 0.25) is 19.1 Å². The Morgan fingerprint density at radius 1 is 1.15 bits per heavy atom. The first kappa shape index (κ1) is 17.4. The van der Waals surface area contributed by atoms with E-state index < -0.39 is 17.4 Å². The van der Waals surface area contributed by atoms with Gasteiger partial charge in [0.2, 0.25) is 0 Å². The molecule has 2 nitrogen and oxygen atoms in total. The van der Waals surface area contributed by atoms with Crippen LogP contribution in [0.3, 0.4) is 0 Å². The van der Waals surface area contributed by atoms with Gasteiger partial charge in [-0.3, -0.25) is 0 Å². The van der Waals surface area contributed by atoms with Gasteiger partial charge in [-0.2, -0.15) is 0 Å². The van der Waals surface area contributed by atoms with Crippen LogP contribution in [0.1, 0.15) is 26.3 Å². The molecule has 0 aromatic heterocycles. The molecule has 0 aliphatic rings. The lowest BCUT2D eigenvalue weighted by molar-refractivity contribution is 0.197. The van der Waals surface area contributed by atoms with Crippen LogP contribution >= 0.6 is 0 Å². The number of hydrogen-bond acceptors (Lipinski definition) is 2.